The second kappa shape index (κ2) is 2.29. The fraction of sp³-hybridized carbons (Fsp3) is 0. The lowest BCUT2D eigenvalue weighted by Crippen LogP contribution is -1.73. The molecule has 0 N–H and O–H groups in total. The summed E-state index contributed by atoms with van der Waals surface area (Å²) in [6.45, 7) is 0. The largest absolute Gasteiger partial charge is 0.232 e. The van der Waals surface area contributed by atoms with Crippen LogP contribution in [0, 0.1) is 5.51 Å². The Hall–Kier alpha value is -0.480. The number of fused-ring (bicyclic) bond motifs is 1. The molecule has 0 bridgehead atoms. The zero-order valence-corrected chi connectivity index (χ0v) is 7.24. The fourth-order valence-corrected chi connectivity index (χ4v) is 1.71. The van der Waals surface area contributed by atoms with Crippen molar-refractivity contribution >= 4 is 37.6 Å². The number of hydrogen-bond donors (Lipinski definition) is 0. The first-order chi connectivity index (χ1) is 4.86. The minimum atomic E-state index is 0.845. The van der Waals surface area contributed by atoms with Crippen molar-refractivity contribution in [3.05, 3.63) is 22.2 Å². The van der Waals surface area contributed by atoms with Crippen molar-refractivity contribution in [3.63, 3.8) is 0 Å². The third kappa shape index (κ3) is 0.932. The van der Waals surface area contributed by atoms with Crippen molar-refractivity contribution in [1.29, 1.82) is 0 Å². The van der Waals surface area contributed by atoms with Crippen LogP contribution in [0.3, 0.4) is 0 Å². The Balaban J connectivity index is 2.86. The Bertz CT molecular complexity index is 357. The molecule has 2 heterocycles. The molecule has 0 atom stereocenters. The highest BCUT2D eigenvalue weighted by Gasteiger charge is 1.96. The van der Waals surface area contributed by atoms with Gasteiger partial charge in [-0.25, -0.2) is 9.97 Å². The van der Waals surface area contributed by atoms with Crippen molar-refractivity contribution in [1.82, 2.24) is 9.97 Å². The summed E-state index contributed by atoms with van der Waals surface area (Å²) in [6, 6.07) is 3.79. The van der Waals surface area contributed by atoms with Gasteiger partial charge < -0.3 is 0 Å². The number of pyridine rings is 1. The van der Waals surface area contributed by atoms with Crippen molar-refractivity contribution < 1.29 is 0 Å². The number of thiazole rings is 1. The average Bonchev–Trinajstić information content (AvgIpc) is 2.33. The van der Waals surface area contributed by atoms with Gasteiger partial charge in [0.2, 0.25) is 0 Å². The second-order valence-electron chi connectivity index (χ2n) is 1.76. The van der Waals surface area contributed by atoms with Crippen molar-refractivity contribution in [2.45, 2.75) is 0 Å². The van der Waals surface area contributed by atoms with Gasteiger partial charge in [-0.15, -0.1) is 0 Å². The van der Waals surface area contributed by atoms with Crippen LogP contribution >= 0.6 is 27.3 Å². The molecule has 0 saturated carbocycles. The molecule has 0 saturated heterocycles. The van der Waals surface area contributed by atoms with Crippen molar-refractivity contribution in [3.8, 4) is 0 Å². The molecule has 0 aliphatic heterocycles. The van der Waals surface area contributed by atoms with Crippen molar-refractivity contribution in [2.24, 2.45) is 0 Å². The van der Waals surface area contributed by atoms with Gasteiger partial charge in [-0.1, -0.05) is 11.3 Å². The van der Waals surface area contributed by atoms with E-state index in [1.807, 2.05) is 12.1 Å². The molecule has 0 spiro atoms. The normalized spacial score (nSPS) is 10.5. The van der Waals surface area contributed by atoms with Gasteiger partial charge in [0, 0.05) is 0 Å². The summed E-state index contributed by atoms with van der Waals surface area (Å²) in [4.78, 5) is 9.07. The van der Waals surface area contributed by atoms with E-state index in [0.29, 0.717) is 0 Å². The van der Waals surface area contributed by atoms with Crippen molar-refractivity contribution in [2.75, 3.05) is 0 Å². The van der Waals surface area contributed by atoms with E-state index in [0.717, 1.165) is 15.0 Å². The minimum Gasteiger partial charge on any atom is -0.232 e. The Morgan fingerprint density at radius 2 is 2.40 bits per heavy atom. The third-order valence-corrected chi connectivity index (χ3v) is 2.23. The lowest BCUT2D eigenvalue weighted by Gasteiger charge is -1.86. The van der Waals surface area contributed by atoms with E-state index in [-0.39, 0.29) is 0 Å². The van der Waals surface area contributed by atoms with E-state index < -0.39 is 0 Å². The van der Waals surface area contributed by atoms with Gasteiger partial charge in [-0.05, 0) is 28.1 Å². The van der Waals surface area contributed by atoms with Crippen LogP contribution in [-0.2, 0) is 0 Å². The maximum atomic E-state index is 4.18. The molecule has 0 aliphatic carbocycles. The van der Waals surface area contributed by atoms with Gasteiger partial charge in [0.05, 0.1) is 0 Å². The Morgan fingerprint density at radius 1 is 1.50 bits per heavy atom. The lowest BCUT2D eigenvalue weighted by atomic mass is 10.5. The van der Waals surface area contributed by atoms with Crippen LogP contribution in [-0.4, -0.2) is 9.97 Å². The predicted octanol–water partition coefficient (Wildman–Crippen LogP) is 2.25. The second-order valence-corrected chi connectivity index (χ2v) is 3.35. The summed E-state index contributed by atoms with van der Waals surface area (Å²) in [7, 11) is 0. The lowest BCUT2D eigenvalue weighted by molar-refractivity contribution is 1.35. The van der Waals surface area contributed by atoms with E-state index in [2.05, 4.69) is 31.4 Å². The highest BCUT2D eigenvalue weighted by molar-refractivity contribution is 9.10. The van der Waals surface area contributed by atoms with Gasteiger partial charge in [0.1, 0.15) is 15.0 Å². The highest BCUT2D eigenvalue weighted by atomic mass is 79.9. The average molecular weight is 214 g/mol. The molecule has 0 unspecified atom stereocenters. The molecule has 0 aliphatic rings. The molecule has 2 nitrogen and oxygen atoms in total. The number of halogens is 1. The van der Waals surface area contributed by atoms with E-state index in [1.54, 1.807) is 0 Å². The quantitative estimate of drug-likeness (QED) is 0.628. The van der Waals surface area contributed by atoms with E-state index in [9.17, 15) is 0 Å². The number of aromatic nitrogens is 2. The first-order valence-electron chi connectivity index (χ1n) is 2.65. The summed E-state index contributed by atoms with van der Waals surface area (Å²) in [5, 5.41) is 0. The first kappa shape index (κ1) is 6.24. The van der Waals surface area contributed by atoms with Gasteiger partial charge in [0.15, 0.2) is 5.51 Å². The minimum absolute atomic E-state index is 0.845. The molecule has 0 amide bonds. The summed E-state index contributed by atoms with van der Waals surface area (Å²) in [5.41, 5.74) is 3.68. The summed E-state index contributed by atoms with van der Waals surface area (Å²) < 4.78 is 0.845. The molecule has 2 aromatic rings. The van der Waals surface area contributed by atoms with E-state index >= 15 is 0 Å². The zero-order valence-electron chi connectivity index (χ0n) is 4.84. The molecule has 2 rings (SSSR count). The molecule has 2 aromatic heterocycles. The topological polar surface area (TPSA) is 25.8 Å². The molecule has 0 aromatic carbocycles. The summed E-state index contributed by atoms with van der Waals surface area (Å²) in [5.74, 6) is 0. The van der Waals surface area contributed by atoms with Crippen LogP contribution in [0.4, 0.5) is 0 Å². The molecule has 1 radical (unpaired) electrons. The smallest absolute Gasteiger partial charge is 0.155 e. The van der Waals surface area contributed by atoms with Crippen LogP contribution in [0.5, 0.6) is 0 Å². The molecule has 0 fully saturated rings. The fourth-order valence-electron chi connectivity index (χ4n) is 0.686. The molecular weight excluding hydrogens is 212 g/mol. The summed E-state index contributed by atoms with van der Waals surface area (Å²) >= 11 is 4.70. The SMILES string of the molecule is Brc1ccc2n[c]sc2n1. The Kier molecular flexibility index (Phi) is 1.43. The van der Waals surface area contributed by atoms with Crippen LogP contribution in [0.25, 0.3) is 10.3 Å². The standard InChI is InChI=1S/C6H2BrN2S/c7-5-2-1-4-6(9-5)10-3-8-4/h1-2H. The maximum absolute atomic E-state index is 4.18. The number of nitrogens with zero attached hydrogens (tertiary/aromatic N) is 2. The van der Waals surface area contributed by atoms with Gasteiger partial charge >= 0.3 is 0 Å². The van der Waals surface area contributed by atoms with Crippen LogP contribution < -0.4 is 0 Å². The predicted molar refractivity (Wildman–Crippen MR) is 44.0 cm³/mol. The molecule has 49 valence electrons. The molecule has 4 heteroatoms. The van der Waals surface area contributed by atoms with E-state index in [4.69, 9.17) is 0 Å². The third-order valence-electron chi connectivity index (χ3n) is 1.11. The zero-order chi connectivity index (χ0) is 6.97. The molecule has 10 heavy (non-hydrogen) atoms. The van der Waals surface area contributed by atoms with Crippen LogP contribution in [0.15, 0.2) is 16.7 Å². The summed E-state index contributed by atoms with van der Waals surface area (Å²) in [6.07, 6.45) is 0. The molecular formula is C6H2BrN2S. The number of rotatable bonds is 0. The van der Waals surface area contributed by atoms with Gasteiger partial charge in [-0.2, -0.15) is 0 Å². The highest BCUT2D eigenvalue weighted by Crippen LogP contribution is 2.16. The Morgan fingerprint density at radius 3 is 3.30 bits per heavy atom. The monoisotopic (exact) mass is 213 g/mol. The first-order valence-corrected chi connectivity index (χ1v) is 4.26. The van der Waals surface area contributed by atoms with Gasteiger partial charge in [0.25, 0.3) is 0 Å². The van der Waals surface area contributed by atoms with E-state index in [1.165, 1.54) is 11.3 Å². The number of hydrogen-bond acceptors (Lipinski definition) is 3. The van der Waals surface area contributed by atoms with Crippen LogP contribution in [0.2, 0.25) is 0 Å². The van der Waals surface area contributed by atoms with Gasteiger partial charge in [-0.3, -0.25) is 0 Å². The maximum Gasteiger partial charge on any atom is 0.155 e. The Labute approximate surface area is 70.1 Å². The van der Waals surface area contributed by atoms with Crippen LogP contribution in [0.1, 0.15) is 0 Å².